The molecule has 2 rings (SSSR count). The fourth-order valence-electron chi connectivity index (χ4n) is 1.25. The van der Waals surface area contributed by atoms with Crippen LogP contribution in [0.4, 0.5) is 0 Å². The predicted molar refractivity (Wildman–Crippen MR) is 73.3 cm³/mol. The van der Waals surface area contributed by atoms with Crippen LogP contribution in [0.3, 0.4) is 0 Å². The topological polar surface area (TPSA) is 0 Å². The van der Waals surface area contributed by atoms with Crippen LogP contribution in [-0.2, 0) is 0 Å². The molecule has 2 heteroatoms. The van der Waals surface area contributed by atoms with E-state index < -0.39 is 0 Å². The van der Waals surface area contributed by atoms with Gasteiger partial charge in [-0.3, -0.25) is 0 Å². The van der Waals surface area contributed by atoms with Crippen molar-refractivity contribution in [2.45, 2.75) is 0 Å². The lowest BCUT2D eigenvalue weighted by molar-refractivity contribution is -0.849. The zero-order valence-corrected chi connectivity index (χ0v) is 10.6. The molecule has 0 amide bonds. The van der Waals surface area contributed by atoms with Crippen molar-refractivity contribution >= 4 is 24.1 Å². The second-order valence-electron chi connectivity index (χ2n) is 5.25. The number of nitrogens with zero attached hydrogens (tertiary/aromatic N) is 1. The van der Waals surface area contributed by atoms with Gasteiger partial charge in [0.15, 0.2) is 0 Å². The summed E-state index contributed by atoms with van der Waals surface area (Å²) >= 11 is 0. The third-order valence-electron chi connectivity index (χ3n) is 1.82. The highest BCUT2D eigenvalue weighted by molar-refractivity contribution is 6.38. The van der Waals surface area contributed by atoms with Gasteiger partial charge in [-0.15, -0.1) is 0 Å². The van der Waals surface area contributed by atoms with E-state index in [4.69, 9.17) is 7.85 Å². The van der Waals surface area contributed by atoms with Crippen molar-refractivity contribution in [2.75, 3.05) is 28.2 Å². The first kappa shape index (κ1) is 12.8. The molecule has 0 spiro atoms. The molecule has 0 saturated heterocycles. The molecule has 0 aliphatic rings. The highest BCUT2D eigenvalue weighted by atomic mass is 15.2. The van der Waals surface area contributed by atoms with E-state index in [1.807, 2.05) is 30.3 Å². The first-order valence-corrected chi connectivity index (χ1v) is 5.40. The molecule has 0 aliphatic heterocycles. The lowest BCUT2D eigenvalue weighted by atomic mass is 9.90. The monoisotopic (exact) mass is 212 g/mol. The number of quaternary nitrogens is 1. The Bertz CT molecular complexity index is 446. The van der Waals surface area contributed by atoms with Gasteiger partial charge in [-0.2, -0.15) is 0 Å². The largest absolute Gasteiger partial charge is 0.333 e. The lowest BCUT2D eigenvalue weighted by Gasteiger charge is -2.14. The van der Waals surface area contributed by atoms with Gasteiger partial charge in [0.25, 0.3) is 0 Å². The first-order valence-electron chi connectivity index (χ1n) is 5.40. The van der Waals surface area contributed by atoms with Gasteiger partial charge < -0.3 is 4.48 Å². The van der Waals surface area contributed by atoms with Crippen molar-refractivity contribution in [3.05, 3.63) is 42.5 Å². The summed E-state index contributed by atoms with van der Waals surface area (Å²) in [5, 5.41) is 2.34. The summed E-state index contributed by atoms with van der Waals surface area (Å²) in [5.74, 6) is 0. The number of rotatable bonds is 0. The maximum absolute atomic E-state index is 5.76. The van der Waals surface area contributed by atoms with Crippen LogP contribution in [0.1, 0.15) is 0 Å². The van der Waals surface area contributed by atoms with E-state index >= 15 is 0 Å². The molecule has 2 aromatic rings. The van der Waals surface area contributed by atoms with Crippen molar-refractivity contribution in [1.82, 2.24) is 0 Å². The van der Waals surface area contributed by atoms with Gasteiger partial charge in [0.2, 0.25) is 0 Å². The summed E-state index contributed by atoms with van der Waals surface area (Å²) in [6.07, 6.45) is 0. The van der Waals surface area contributed by atoms with Crippen LogP contribution in [0.2, 0.25) is 0 Å². The minimum absolute atomic E-state index is 0.850. The van der Waals surface area contributed by atoms with Gasteiger partial charge in [-0.05, 0) is 10.8 Å². The minimum Gasteiger partial charge on any atom is -0.333 e. The SMILES string of the molecule is C[N+](C)(C)C.[B]c1cccc2ccccc12. The number of fused-ring (bicyclic) bond motifs is 1. The molecule has 0 unspecified atom stereocenters. The summed E-state index contributed by atoms with van der Waals surface area (Å²) < 4.78 is 1.00. The van der Waals surface area contributed by atoms with E-state index in [0.29, 0.717) is 0 Å². The van der Waals surface area contributed by atoms with Gasteiger partial charge in [0, 0.05) is 0 Å². The Morgan fingerprint density at radius 1 is 0.812 bits per heavy atom. The van der Waals surface area contributed by atoms with Crippen molar-refractivity contribution in [3.63, 3.8) is 0 Å². The molecule has 82 valence electrons. The maximum Gasteiger partial charge on any atom is 0.114 e. The second kappa shape index (κ2) is 5.17. The molecule has 1 nitrogen and oxygen atoms in total. The fourth-order valence-corrected chi connectivity index (χ4v) is 1.25. The Morgan fingerprint density at radius 2 is 1.31 bits per heavy atom. The summed E-state index contributed by atoms with van der Waals surface area (Å²) in [6, 6.07) is 14.1. The minimum atomic E-state index is 0.850. The Morgan fingerprint density at radius 3 is 1.88 bits per heavy atom. The van der Waals surface area contributed by atoms with Crippen LogP contribution < -0.4 is 5.46 Å². The third kappa shape index (κ3) is 4.50. The second-order valence-corrected chi connectivity index (χ2v) is 5.25. The van der Waals surface area contributed by atoms with Gasteiger partial charge in [0.05, 0.1) is 28.2 Å². The average Bonchev–Trinajstić information content (AvgIpc) is 2.16. The van der Waals surface area contributed by atoms with Gasteiger partial charge >= 0.3 is 0 Å². The van der Waals surface area contributed by atoms with Crippen LogP contribution >= 0.6 is 0 Å². The molecule has 2 aromatic carbocycles. The van der Waals surface area contributed by atoms with Crippen LogP contribution in [-0.4, -0.2) is 40.5 Å². The van der Waals surface area contributed by atoms with Gasteiger partial charge in [0.1, 0.15) is 7.85 Å². The van der Waals surface area contributed by atoms with E-state index in [9.17, 15) is 0 Å². The summed E-state index contributed by atoms with van der Waals surface area (Å²) in [7, 11) is 14.3. The molecule has 0 aliphatic carbocycles. The van der Waals surface area contributed by atoms with E-state index in [-0.39, 0.29) is 0 Å². The summed E-state index contributed by atoms with van der Waals surface area (Å²) in [4.78, 5) is 0. The molecular formula is C14H19BN+. The molecule has 2 radical (unpaired) electrons. The Labute approximate surface area is 99.7 Å². The molecule has 0 N–H and O–H groups in total. The van der Waals surface area contributed by atoms with Crippen molar-refractivity contribution in [3.8, 4) is 0 Å². The normalized spacial score (nSPS) is 10.8. The van der Waals surface area contributed by atoms with E-state index in [0.717, 1.165) is 15.3 Å². The van der Waals surface area contributed by atoms with Crippen LogP contribution in [0.5, 0.6) is 0 Å². The zero-order chi connectivity index (χ0) is 12.2. The van der Waals surface area contributed by atoms with E-state index in [1.54, 1.807) is 0 Å². The molecule has 0 atom stereocenters. The quantitative estimate of drug-likeness (QED) is 0.462. The maximum atomic E-state index is 5.76. The Hall–Kier alpha value is -1.28. The Balaban J connectivity index is 0.000000221. The summed E-state index contributed by atoms with van der Waals surface area (Å²) in [6.45, 7) is 0. The standard InChI is InChI=1S/C10H7B.C4H12N/c11-10-7-3-5-8-4-1-2-6-9(8)10;1-5(2,3)4/h1-7H;1-4H3/q;+1. The number of hydrogen-bond acceptors (Lipinski definition) is 0. The number of hydrogen-bond donors (Lipinski definition) is 0. The van der Waals surface area contributed by atoms with Gasteiger partial charge in [-0.1, -0.05) is 47.9 Å². The smallest absolute Gasteiger partial charge is 0.114 e. The van der Waals surface area contributed by atoms with Crippen molar-refractivity contribution < 1.29 is 4.48 Å². The van der Waals surface area contributed by atoms with Crippen molar-refractivity contribution in [2.24, 2.45) is 0 Å². The van der Waals surface area contributed by atoms with Gasteiger partial charge in [-0.25, -0.2) is 0 Å². The third-order valence-corrected chi connectivity index (χ3v) is 1.82. The molecular weight excluding hydrogens is 193 g/mol. The highest BCUT2D eigenvalue weighted by Crippen LogP contribution is 2.08. The first-order chi connectivity index (χ1) is 7.38. The van der Waals surface area contributed by atoms with Crippen LogP contribution in [0, 0.1) is 0 Å². The van der Waals surface area contributed by atoms with E-state index in [2.05, 4.69) is 40.3 Å². The predicted octanol–water partition coefficient (Wildman–Crippen LogP) is 1.96. The number of benzene rings is 2. The van der Waals surface area contributed by atoms with Crippen LogP contribution in [0.15, 0.2) is 42.5 Å². The van der Waals surface area contributed by atoms with Crippen LogP contribution in [0.25, 0.3) is 10.8 Å². The Kier molecular flexibility index (Phi) is 4.14. The zero-order valence-electron chi connectivity index (χ0n) is 10.6. The molecule has 0 fully saturated rings. The molecule has 0 heterocycles. The molecule has 0 saturated carbocycles. The molecule has 16 heavy (non-hydrogen) atoms. The lowest BCUT2D eigenvalue weighted by Crippen LogP contribution is -2.27. The average molecular weight is 212 g/mol. The molecule has 0 bridgehead atoms. The summed E-state index contributed by atoms with van der Waals surface area (Å²) in [5.41, 5.74) is 0.850. The fraction of sp³-hybridized carbons (Fsp3) is 0.286. The van der Waals surface area contributed by atoms with Crippen molar-refractivity contribution in [1.29, 1.82) is 0 Å². The highest BCUT2D eigenvalue weighted by Gasteiger charge is 1.91. The molecule has 0 aromatic heterocycles. The van der Waals surface area contributed by atoms with E-state index in [1.165, 1.54) is 5.39 Å².